The molecule has 2 aromatic carbocycles. The molecule has 2 aliphatic heterocycles. The summed E-state index contributed by atoms with van der Waals surface area (Å²) in [6, 6.07) is 3.92. The number of benzene rings is 2. The molecule has 0 spiro atoms. The second-order valence-corrected chi connectivity index (χ2v) is 17.0. The van der Waals surface area contributed by atoms with Gasteiger partial charge < -0.3 is 40.6 Å². The maximum Gasteiger partial charge on any atom is 0.245 e. The van der Waals surface area contributed by atoms with E-state index in [0.29, 0.717) is 27.7 Å². The molecular formula is C43H57F4N9O4. The first kappa shape index (κ1) is 44.5. The molecule has 0 saturated carbocycles. The number of alkyl halides is 2. The third-order valence-electron chi connectivity index (χ3n) is 12.0. The van der Waals surface area contributed by atoms with Crippen molar-refractivity contribution in [2.75, 3.05) is 27.2 Å². The van der Waals surface area contributed by atoms with Crippen LogP contribution in [0.25, 0.3) is 33.5 Å². The van der Waals surface area contributed by atoms with Gasteiger partial charge in [-0.2, -0.15) is 0 Å². The maximum atomic E-state index is 15.5. The van der Waals surface area contributed by atoms with Crippen LogP contribution < -0.4 is 21.3 Å². The largest absolute Gasteiger partial charge is 0.352 e. The number of halogens is 4. The third-order valence-corrected chi connectivity index (χ3v) is 12.0. The molecule has 8 atom stereocenters. The van der Waals surface area contributed by atoms with E-state index in [2.05, 4.69) is 26.3 Å². The number of fused-ring (bicyclic) bond motifs is 2. The summed E-state index contributed by atoms with van der Waals surface area (Å²) in [5.41, 5.74) is 2.16. The molecule has 0 aliphatic carbocycles. The second-order valence-electron chi connectivity index (χ2n) is 17.0. The summed E-state index contributed by atoms with van der Waals surface area (Å²) in [6.45, 7) is 10.2. The van der Waals surface area contributed by atoms with Crippen LogP contribution in [0, 0.1) is 23.5 Å². The first-order valence-electron chi connectivity index (χ1n) is 20.7. The highest BCUT2D eigenvalue weighted by molar-refractivity contribution is 5.93. The summed E-state index contributed by atoms with van der Waals surface area (Å²) in [5.74, 6) is -3.02. The Morgan fingerprint density at radius 2 is 1.28 bits per heavy atom. The smallest absolute Gasteiger partial charge is 0.245 e. The van der Waals surface area contributed by atoms with E-state index in [-0.39, 0.29) is 73.9 Å². The molecule has 4 aromatic rings. The number of hydrogen-bond acceptors (Lipinski definition) is 7. The fourth-order valence-corrected chi connectivity index (χ4v) is 8.38. The number of likely N-dealkylation sites (N-methyl/N-ethyl adjacent to an activating group) is 2. The van der Waals surface area contributed by atoms with Gasteiger partial charge in [0.1, 0.15) is 36.1 Å². The van der Waals surface area contributed by atoms with Gasteiger partial charge in [0.15, 0.2) is 5.82 Å². The molecule has 326 valence electrons. The highest BCUT2D eigenvalue weighted by Gasteiger charge is 2.42. The van der Waals surface area contributed by atoms with Gasteiger partial charge >= 0.3 is 0 Å². The maximum absolute atomic E-state index is 15.5. The van der Waals surface area contributed by atoms with Crippen LogP contribution in [0.4, 0.5) is 17.6 Å². The number of amides is 4. The summed E-state index contributed by atoms with van der Waals surface area (Å²) >= 11 is 0. The number of aromatic amines is 1. The van der Waals surface area contributed by atoms with Crippen LogP contribution in [0.1, 0.15) is 59.9 Å². The van der Waals surface area contributed by atoms with Crippen LogP contribution in [-0.2, 0) is 32.1 Å². The second kappa shape index (κ2) is 18.3. The minimum atomic E-state index is -1.36. The van der Waals surface area contributed by atoms with Crippen molar-refractivity contribution in [2.45, 2.75) is 116 Å². The monoisotopic (exact) mass is 839 g/mol. The molecule has 17 heteroatoms. The van der Waals surface area contributed by atoms with Crippen LogP contribution >= 0.6 is 0 Å². The zero-order valence-electron chi connectivity index (χ0n) is 35.4. The van der Waals surface area contributed by atoms with E-state index >= 15 is 8.78 Å². The molecule has 13 nitrogen and oxygen atoms in total. The van der Waals surface area contributed by atoms with Crippen molar-refractivity contribution in [3.63, 3.8) is 0 Å². The molecule has 4 heterocycles. The van der Waals surface area contributed by atoms with Crippen LogP contribution in [-0.4, -0.2) is 124 Å². The molecular weight excluding hydrogens is 783 g/mol. The molecule has 0 radical (unpaired) electrons. The van der Waals surface area contributed by atoms with Gasteiger partial charge in [-0.15, -0.1) is 0 Å². The molecule has 5 N–H and O–H groups in total. The van der Waals surface area contributed by atoms with Gasteiger partial charge in [0, 0.05) is 42.4 Å². The molecule has 2 saturated heterocycles. The highest BCUT2D eigenvalue weighted by atomic mass is 19.1. The lowest BCUT2D eigenvalue weighted by Crippen LogP contribution is -2.55. The van der Waals surface area contributed by atoms with Gasteiger partial charge in [-0.05, 0) is 82.1 Å². The number of carbonyl (C=O) groups is 4. The third kappa shape index (κ3) is 9.16. The molecule has 2 unspecified atom stereocenters. The SMILES string of the molecule is CN[C@@H](C)C(=O)NC(C(=O)N1C[C@@H](F)C[C@H]1Cc1c(-c2nc3cc(F)ccc3n2C[C@@H]2C[C@H](F)CN2C(=O)C(NC(=O)[C@H](C)NC)C(C)C)[nH]c2cc(F)ccc12)C(C)C. The quantitative estimate of drug-likeness (QED) is 0.111. The standard InChI is InChI=1S/C43H57F4N9O4/c1-21(2)36(52-40(57)23(5)48-7)42(59)54-18-27(46)13-29(54)17-32-31-11-9-25(44)15-33(31)50-38(32)39-51-34-16-26(45)10-12-35(34)56(39)20-30-14-28(47)19-55(30)43(60)37(22(3)4)53-41(58)24(6)49-8/h9-12,15-16,21-24,27-30,36-37,48-50H,13-14,17-20H2,1-8H3,(H,52,57)(H,53,58)/t23-,24-,27-,28-,29-,30-,36?,37?/m0/s1. The van der Waals surface area contributed by atoms with Gasteiger partial charge in [-0.25, -0.2) is 22.5 Å². The van der Waals surface area contributed by atoms with Crippen molar-refractivity contribution < 1.29 is 36.7 Å². The molecule has 4 amide bonds. The Labute approximate surface area is 347 Å². The average Bonchev–Trinajstić information content (AvgIpc) is 3.96. The van der Waals surface area contributed by atoms with E-state index in [1.165, 1.54) is 34.1 Å². The number of imidazole rings is 1. The fraction of sp³-hybridized carbons (Fsp3) is 0.558. The van der Waals surface area contributed by atoms with Crippen LogP contribution in [0.3, 0.4) is 0 Å². The topological polar surface area (TPSA) is 156 Å². The average molecular weight is 840 g/mol. The van der Waals surface area contributed by atoms with Gasteiger partial charge in [0.25, 0.3) is 0 Å². The Hall–Kier alpha value is -5.03. The highest BCUT2D eigenvalue weighted by Crippen LogP contribution is 2.37. The summed E-state index contributed by atoms with van der Waals surface area (Å²) in [4.78, 5) is 65.3. The Bertz CT molecular complexity index is 2070. The van der Waals surface area contributed by atoms with Crippen molar-refractivity contribution in [3.8, 4) is 11.5 Å². The fourth-order valence-electron chi connectivity index (χ4n) is 8.38. The van der Waals surface area contributed by atoms with Crippen molar-refractivity contribution >= 4 is 45.6 Å². The van der Waals surface area contributed by atoms with E-state index in [1.54, 1.807) is 72.3 Å². The van der Waals surface area contributed by atoms with Gasteiger partial charge in [0.05, 0.1) is 47.9 Å². The lowest BCUT2D eigenvalue weighted by atomic mass is 9.98. The van der Waals surface area contributed by atoms with Crippen molar-refractivity contribution in [2.24, 2.45) is 11.8 Å². The number of nitrogens with one attached hydrogen (secondary N) is 5. The number of rotatable bonds is 15. The molecule has 2 fully saturated rings. The Kier molecular flexibility index (Phi) is 13.6. The van der Waals surface area contributed by atoms with Gasteiger partial charge in [-0.3, -0.25) is 19.2 Å². The Balaban J connectivity index is 1.41. The molecule has 2 aromatic heterocycles. The zero-order chi connectivity index (χ0) is 43.7. The van der Waals surface area contributed by atoms with Crippen LogP contribution in [0.15, 0.2) is 36.4 Å². The first-order chi connectivity index (χ1) is 28.4. The lowest BCUT2D eigenvalue weighted by molar-refractivity contribution is -0.139. The molecule has 0 bridgehead atoms. The van der Waals surface area contributed by atoms with Crippen LogP contribution in [0.2, 0.25) is 0 Å². The number of nitrogens with zero attached hydrogens (tertiary/aromatic N) is 4. The summed E-state index contributed by atoms with van der Waals surface area (Å²) < 4.78 is 62.3. The number of H-pyrrole nitrogens is 1. The number of carbonyl (C=O) groups excluding carboxylic acids is 4. The van der Waals surface area contributed by atoms with Gasteiger partial charge in [0.2, 0.25) is 23.6 Å². The van der Waals surface area contributed by atoms with Crippen molar-refractivity contribution in [3.05, 3.63) is 53.6 Å². The van der Waals surface area contributed by atoms with E-state index in [9.17, 15) is 28.0 Å². The number of aromatic nitrogens is 3. The van der Waals surface area contributed by atoms with Crippen molar-refractivity contribution in [1.82, 2.24) is 45.6 Å². The Morgan fingerprint density at radius 1 is 0.767 bits per heavy atom. The zero-order valence-corrected chi connectivity index (χ0v) is 35.4. The minimum absolute atomic E-state index is 0.00401. The minimum Gasteiger partial charge on any atom is -0.352 e. The number of likely N-dealkylation sites (tertiary alicyclic amines) is 2. The van der Waals surface area contributed by atoms with E-state index < -0.39 is 72.0 Å². The van der Waals surface area contributed by atoms with E-state index in [1.807, 2.05) is 0 Å². The normalized spacial score (nSPS) is 21.6. The summed E-state index contributed by atoms with van der Waals surface area (Å²) in [6.07, 6.45) is -2.61. The van der Waals surface area contributed by atoms with Crippen molar-refractivity contribution in [1.29, 1.82) is 0 Å². The summed E-state index contributed by atoms with van der Waals surface area (Å²) in [7, 11) is 3.26. The molecule has 2 aliphatic rings. The predicted octanol–water partition coefficient (Wildman–Crippen LogP) is 4.38. The molecule has 60 heavy (non-hydrogen) atoms. The lowest BCUT2D eigenvalue weighted by Gasteiger charge is -2.32. The summed E-state index contributed by atoms with van der Waals surface area (Å²) in [5, 5.41) is 12.0. The predicted molar refractivity (Wildman–Crippen MR) is 221 cm³/mol. The van der Waals surface area contributed by atoms with E-state index in [4.69, 9.17) is 4.98 Å². The number of hydrogen-bond donors (Lipinski definition) is 5. The first-order valence-corrected chi connectivity index (χ1v) is 20.7. The van der Waals surface area contributed by atoms with Gasteiger partial charge in [-0.1, -0.05) is 27.7 Å². The molecule has 6 rings (SSSR count). The Morgan fingerprint density at radius 3 is 1.83 bits per heavy atom. The van der Waals surface area contributed by atoms with Crippen LogP contribution in [0.5, 0.6) is 0 Å². The van der Waals surface area contributed by atoms with E-state index in [0.717, 1.165) is 0 Å².